The molecule has 2 aromatic carbocycles. The number of carboxylic acids is 1. The first kappa shape index (κ1) is 23.6. The summed E-state index contributed by atoms with van der Waals surface area (Å²) in [5.41, 5.74) is -0.0582. The summed E-state index contributed by atoms with van der Waals surface area (Å²) in [6, 6.07) is 9.17. The molecular formula is C22H20FN5O7. The first-order valence-electron chi connectivity index (χ1n) is 10.6. The van der Waals surface area contributed by atoms with E-state index in [-0.39, 0.29) is 23.6 Å². The molecule has 13 heteroatoms. The van der Waals surface area contributed by atoms with Gasteiger partial charge in [-0.15, -0.1) is 5.10 Å². The van der Waals surface area contributed by atoms with Gasteiger partial charge < -0.3 is 24.9 Å². The molecule has 0 radical (unpaired) electrons. The lowest BCUT2D eigenvalue weighted by Crippen LogP contribution is -2.27. The fraction of sp³-hybridized carbons (Fsp3) is 0.273. The number of benzene rings is 2. The van der Waals surface area contributed by atoms with Gasteiger partial charge in [-0.2, -0.15) is 0 Å². The monoisotopic (exact) mass is 485 g/mol. The number of nitro benzene ring substituents is 1. The normalized spacial score (nSPS) is 17.4. The lowest BCUT2D eigenvalue weighted by atomic mass is 9.87. The van der Waals surface area contributed by atoms with E-state index in [0.29, 0.717) is 31.4 Å². The molecule has 1 aliphatic rings. The van der Waals surface area contributed by atoms with Crippen molar-refractivity contribution in [2.75, 3.05) is 10.6 Å². The van der Waals surface area contributed by atoms with Gasteiger partial charge in [-0.1, -0.05) is 5.10 Å². The van der Waals surface area contributed by atoms with Gasteiger partial charge >= 0.3 is 23.8 Å². The van der Waals surface area contributed by atoms with Crippen LogP contribution in [0.1, 0.15) is 36.4 Å². The number of carbonyl (C=O) groups excluding carboxylic acids is 1. The van der Waals surface area contributed by atoms with Gasteiger partial charge in [0.05, 0.1) is 23.0 Å². The van der Waals surface area contributed by atoms with Gasteiger partial charge in [-0.3, -0.25) is 19.7 Å². The molecule has 1 heterocycles. The summed E-state index contributed by atoms with van der Waals surface area (Å²) in [5.74, 6) is -2.74. The van der Waals surface area contributed by atoms with Crippen LogP contribution in [0.2, 0.25) is 0 Å². The summed E-state index contributed by atoms with van der Waals surface area (Å²) in [6.07, 6.45) is 1.73. The Morgan fingerprint density at radius 3 is 2.49 bits per heavy atom. The minimum absolute atomic E-state index is 0.104. The second-order valence-corrected chi connectivity index (χ2v) is 7.86. The number of anilines is 3. The van der Waals surface area contributed by atoms with E-state index in [0.717, 1.165) is 0 Å². The molecule has 3 N–H and O–H groups in total. The largest absolute Gasteiger partial charge is 0.490 e. The highest BCUT2D eigenvalue weighted by Gasteiger charge is 2.28. The molecule has 0 saturated heterocycles. The molecule has 12 nitrogen and oxygen atoms in total. The third kappa shape index (κ3) is 5.88. The molecule has 3 aromatic rings. The number of halogens is 1. The highest BCUT2D eigenvalue weighted by atomic mass is 19.1. The van der Waals surface area contributed by atoms with Crippen LogP contribution >= 0.6 is 0 Å². The smallest absolute Gasteiger partial charge is 0.320 e. The van der Waals surface area contributed by atoms with Gasteiger partial charge in [0, 0.05) is 5.69 Å². The van der Waals surface area contributed by atoms with E-state index in [1.54, 1.807) is 0 Å². The van der Waals surface area contributed by atoms with Gasteiger partial charge in [-0.05, 0) is 62.1 Å². The SMILES string of the molecule is O=C(Nc1ccc(OC2CCC(C(=O)O)CC2)cc1[N+](=O)[O-])c1nnc(Nc2ccc(F)cc2)o1. The van der Waals surface area contributed by atoms with E-state index < -0.39 is 40.1 Å². The Kier molecular flexibility index (Phi) is 6.85. The van der Waals surface area contributed by atoms with Crippen LogP contribution < -0.4 is 15.4 Å². The van der Waals surface area contributed by atoms with Crippen LogP contribution in [0, 0.1) is 21.8 Å². The summed E-state index contributed by atoms with van der Waals surface area (Å²) in [4.78, 5) is 34.5. The molecule has 0 aliphatic heterocycles. The standard InChI is InChI=1S/C22H20FN5O7/c23-13-3-5-14(6-4-13)24-22-27-26-20(35-22)19(29)25-17-10-9-16(11-18(17)28(32)33)34-15-7-1-12(2-8-15)21(30)31/h3-6,9-12,15H,1-2,7-8H2,(H,24,27)(H,25,29)(H,30,31). The predicted molar refractivity (Wildman–Crippen MR) is 119 cm³/mol. The Morgan fingerprint density at radius 1 is 1.11 bits per heavy atom. The molecule has 0 unspecified atom stereocenters. The van der Waals surface area contributed by atoms with E-state index in [1.165, 1.54) is 42.5 Å². The van der Waals surface area contributed by atoms with Crippen LogP contribution in [0.5, 0.6) is 5.75 Å². The third-order valence-electron chi connectivity index (χ3n) is 5.46. The topological polar surface area (TPSA) is 170 Å². The van der Waals surface area contributed by atoms with Crippen molar-refractivity contribution in [1.29, 1.82) is 0 Å². The maximum absolute atomic E-state index is 13.0. The maximum Gasteiger partial charge on any atom is 0.320 e. The second kappa shape index (κ2) is 10.2. The maximum atomic E-state index is 13.0. The zero-order valence-electron chi connectivity index (χ0n) is 18.1. The first-order chi connectivity index (χ1) is 16.8. The minimum atomic E-state index is -0.867. The summed E-state index contributed by atoms with van der Waals surface area (Å²) in [6.45, 7) is 0. The molecule has 35 heavy (non-hydrogen) atoms. The van der Waals surface area contributed by atoms with Crippen molar-refractivity contribution in [3.05, 3.63) is 64.3 Å². The molecule has 1 amide bonds. The highest BCUT2D eigenvalue weighted by Crippen LogP contribution is 2.33. The number of nitro groups is 1. The summed E-state index contributed by atoms with van der Waals surface area (Å²) in [5, 5.41) is 33.0. The minimum Gasteiger partial charge on any atom is -0.490 e. The number of amides is 1. The molecule has 1 saturated carbocycles. The fourth-order valence-corrected chi connectivity index (χ4v) is 3.66. The van der Waals surface area contributed by atoms with Crippen molar-refractivity contribution in [3.63, 3.8) is 0 Å². The molecule has 182 valence electrons. The van der Waals surface area contributed by atoms with Crippen molar-refractivity contribution in [1.82, 2.24) is 10.2 Å². The quantitative estimate of drug-likeness (QED) is 0.311. The highest BCUT2D eigenvalue weighted by molar-refractivity contribution is 6.02. The van der Waals surface area contributed by atoms with E-state index in [4.69, 9.17) is 14.3 Å². The third-order valence-corrected chi connectivity index (χ3v) is 5.46. The van der Waals surface area contributed by atoms with Crippen molar-refractivity contribution in [2.45, 2.75) is 31.8 Å². The first-order valence-corrected chi connectivity index (χ1v) is 10.6. The van der Waals surface area contributed by atoms with E-state index >= 15 is 0 Å². The molecule has 4 rings (SSSR count). The summed E-state index contributed by atoms with van der Waals surface area (Å²) < 4.78 is 24.0. The van der Waals surface area contributed by atoms with Gasteiger partial charge in [0.1, 0.15) is 17.3 Å². The molecule has 1 fully saturated rings. The van der Waals surface area contributed by atoms with Crippen LogP contribution in [0.25, 0.3) is 0 Å². The number of carboxylic acid groups (broad SMARTS) is 1. The van der Waals surface area contributed by atoms with Crippen LogP contribution in [0.3, 0.4) is 0 Å². The fourth-order valence-electron chi connectivity index (χ4n) is 3.66. The van der Waals surface area contributed by atoms with Gasteiger partial charge in [0.25, 0.3) is 5.69 Å². The zero-order valence-corrected chi connectivity index (χ0v) is 18.1. The molecule has 0 atom stereocenters. The lowest BCUT2D eigenvalue weighted by molar-refractivity contribution is -0.384. The van der Waals surface area contributed by atoms with Crippen LogP contribution in [-0.2, 0) is 4.79 Å². The van der Waals surface area contributed by atoms with Crippen LogP contribution in [-0.4, -0.2) is 38.2 Å². The van der Waals surface area contributed by atoms with E-state index in [9.17, 15) is 24.1 Å². The summed E-state index contributed by atoms with van der Waals surface area (Å²) >= 11 is 0. The number of aromatic nitrogens is 2. The number of rotatable bonds is 8. The molecule has 0 bridgehead atoms. The predicted octanol–water partition coefficient (Wildman–Crippen LogP) is 4.14. The Balaban J connectivity index is 1.41. The number of ether oxygens (including phenoxy) is 1. The van der Waals surface area contributed by atoms with Gasteiger partial charge in [0.2, 0.25) is 0 Å². The Labute approximate surface area is 197 Å². The van der Waals surface area contributed by atoms with Crippen LogP contribution in [0.15, 0.2) is 46.9 Å². The number of carbonyl (C=O) groups is 2. The lowest BCUT2D eigenvalue weighted by Gasteiger charge is -2.26. The number of nitrogens with one attached hydrogen (secondary N) is 2. The average Bonchev–Trinajstić information content (AvgIpc) is 3.30. The van der Waals surface area contributed by atoms with Crippen molar-refractivity contribution in [3.8, 4) is 5.75 Å². The number of hydrogen-bond acceptors (Lipinski definition) is 9. The number of aliphatic carboxylic acids is 1. The Morgan fingerprint density at radius 2 is 1.83 bits per heavy atom. The number of nitrogens with zero attached hydrogens (tertiary/aromatic N) is 3. The van der Waals surface area contributed by atoms with Crippen molar-refractivity contribution in [2.24, 2.45) is 5.92 Å². The molecule has 1 aliphatic carbocycles. The summed E-state index contributed by atoms with van der Waals surface area (Å²) in [7, 11) is 0. The van der Waals surface area contributed by atoms with E-state index in [2.05, 4.69) is 20.8 Å². The number of hydrogen-bond donors (Lipinski definition) is 3. The van der Waals surface area contributed by atoms with Crippen molar-refractivity contribution >= 4 is 35.0 Å². The zero-order chi connectivity index (χ0) is 24.9. The average molecular weight is 485 g/mol. The molecule has 1 aromatic heterocycles. The van der Waals surface area contributed by atoms with Crippen molar-refractivity contribution < 1.29 is 33.2 Å². The van der Waals surface area contributed by atoms with Gasteiger partial charge in [0.15, 0.2) is 0 Å². The van der Waals surface area contributed by atoms with Gasteiger partial charge in [-0.25, -0.2) is 4.39 Å². The van der Waals surface area contributed by atoms with Crippen LogP contribution in [0.4, 0.5) is 27.5 Å². The Hall–Kier alpha value is -4.55. The molecular weight excluding hydrogens is 465 g/mol. The molecule has 0 spiro atoms. The second-order valence-electron chi connectivity index (χ2n) is 7.86. The Bertz CT molecular complexity index is 1240. The van der Waals surface area contributed by atoms with E-state index in [1.807, 2.05) is 0 Å².